The normalized spacial score (nSPS) is 22.2. The van der Waals surface area contributed by atoms with Crippen molar-refractivity contribution in [2.24, 2.45) is 0 Å². The van der Waals surface area contributed by atoms with Gasteiger partial charge in [0.25, 0.3) is 0 Å². The van der Waals surface area contributed by atoms with Gasteiger partial charge in [0, 0.05) is 43.2 Å². The van der Waals surface area contributed by atoms with Crippen molar-refractivity contribution in [3.63, 3.8) is 0 Å². The molecular weight excluding hydrogens is 463 g/mol. The Kier molecular flexibility index (Phi) is 5.05. The van der Waals surface area contributed by atoms with Gasteiger partial charge in [-0.2, -0.15) is 0 Å². The van der Waals surface area contributed by atoms with Crippen LogP contribution in [-0.2, 0) is 24.1 Å². The molecule has 2 saturated heterocycles. The number of sulfone groups is 1. The van der Waals surface area contributed by atoms with E-state index in [4.69, 9.17) is 24.2 Å². The standard InChI is InChI=1S/C23H25FN4O5S/c1-34(29,30)23(5-9-31-10-6-23)20-19-22(28-8-11-32-12-14(28)13-33-19)27-21(26-20)16-2-3-17(24)18-15(16)4-7-25-18/h2-4,7,14,25H,5-6,8-13H2,1H3. The molecule has 3 aliphatic heterocycles. The van der Waals surface area contributed by atoms with Crippen molar-refractivity contribution in [2.75, 3.05) is 50.7 Å². The predicted octanol–water partition coefficient (Wildman–Crippen LogP) is 2.41. The Morgan fingerprint density at radius 2 is 1.94 bits per heavy atom. The number of nitrogens with zero attached hydrogens (tertiary/aromatic N) is 3. The number of aromatic amines is 1. The zero-order valence-electron chi connectivity index (χ0n) is 18.7. The molecule has 0 bridgehead atoms. The summed E-state index contributed by atoms with van der Waals surface area (Å²) in [5.41, 5.74) is 1.33. The second-order valence-electron chi connectivity index (χ2n) is 9.02. The van der Waals surface area contributed by atoms with Crippen LogP contribution in [0.4, 0.5) is 10.2 Å². The first-order chi connectivity index (χ1) is 16.4. The number of halogens is 1. The lowest BCUT2D eigenvalue weighted by Gasteiger charge is -2.43. The van der Waals surface area contributed by atoms with Crippen molar-refractivity contribution < 1.29 is 27.0 Å². The summed E-state index contributed by atoms with van der Waals surface area (Å²) in [6.45, 7) is 2.61. The van der Waals surface area contributed by atoms with Crippen molar-refractivity contribution in [3.8, 4) is 17.1 Å². The van der Waals surface area contributed by atoms with Gasteiger partial charge in [-0.3, -0.25) is 0 Å². The van der Waals surface area contributed by atoms with Crippen LogP contribution in [0.1, 0.15) is 18.5 Å². The molecule has 0 saturated carbocycles. The van der Waals surface area contributed by atoms with Crippen LogP contribution in [0.2, 0.25) is 0 Å². The van der Waals surface area contributed by atoms with Crippen LogP contribution in [0, 0.1) is 5.82 Å². The van der Waals surface area contributed by atoms with Crippen LogP contribution in [-0.4, -0.2) is 75.2 Å². The molecule has 1 unspecified atom stereocenters. The van der Waals surface area contributed by atoms with Gasteiger partial charge in [-0.05, 0) is 31.0 Å². The maximum Gasteiger partial charge on any atom is 0.185 e. The van der Waals surface area contributed by atoms with Crippen LogP contribution in [0.25, 0.3) is 22.3 Å². The maximum absolute atomic E-state index is 14.4. The Bertz CT molecular complexity index is 1370. The van der Waals surface area contributed by atoms with Gasteiger partial charge in [0.05, 0.1) is 24.8 Å². The molecule has 0 spiro atoms. The van der Waals surface area contributed by atoms with Crippen LogP contribution in [0.15, 0.2) is 24.4 Å². The van der Waals surface area contributed by atoms with E-state index in [1.165, 1.54) is 12.3 Å². The number of fused-ring (bicyclic) bond motifs is 4. The quantitative estimate of drug-likeness (QED) is 0.599. The summed E-state index contributed by atoms with van der Waals surface area (Å²) in [5, 5.41) is 0.626. The van der Waals surface area contributed by atoms with E-state index in [1.54, 1.807) is 18.3 Å². The van der Waals surface area contributed by atoms with E-state index in [0.29, 0.717) is 79.1 Å². The molecule has 0 aliphatic carbocycles. The molecule has 11 heteroatoms. The van der Waals surface area contributed by atoms with E-state index in [2.05, 4.69) is 9.88 Å². The lowest BCUT2D eigenvalue weighted by atomic mass is 9.93. The lowest BCUT2D eigenvalue weighted by molar-refractivity contribution is 0.0640. The number of hydrogen-bond acceptors (Lipinski definition) is 8. The SMILES string of the molecule is CS(=O)(=O)C1(c2nc(-c3ccc(F)c4[nH]ccc34)nc3c2OCC2COCCN32)CCOCC1. The van der Waals surface area contributed by atoms with Crippen LogP contribution >= 0.6 is 0 Å². The molecule has 3 aliphatic rings. The van der Waals surface area contributed by atoms with E-state index in [9.17, 15) is 12.8 Å². The minimum Gasteiger partial charge on any atom is -0.486 e. The molecule has 9 nitrogen and oxygen atoms in total. The third-order valence-corrected chi connectivity index (χ3v) is 9.14. The van der Waals surface area contributed by atoms with E-state index >= 15 is 0 Å². The second-order valence-corrected chi connectivity index (χ2v) is 11.3. The van der Waals surface area contributed by atoms with E-state index in [1.807, 2.05) is 0 Å². The maximum atomic E-state index is 14.4. The molecule has 6 rings (SSSR count). The highest BCUT2D eigenvalue weighted by atomic mass is 32.2. The van der Waals surface area contributed by atoms with Gasteiger partial charge in [0.2, 0.25) is 0 Å². The Hall–Kier alpha value is -2.76. The topological polar surface area (TPSA) is 107 Å². The number of aromatic nitrogens is 3. The molecule has 3 aromatic rings. The molecule has 1 atom stereocenters. The number of rotatable bonds is 3. The Labute approximate surface area is 196 Å². The fourth-order valence-electron chi connectivity index (χ4n) is 5.25. The predicted molar refractivity (Wildman–Crippen MR) is 123 cm³/mol. The van der Waals surface area contributed by atoms with Crippen LogP contribution in [0.3, 0.4) is 0 Å². The third kappa shape index (κ3) is 3.21. The fraction of sp³-hybridized carbons (Fsp3) is 0.478. The zero-order valence-corrected chi connectivity index (χ0v) is 19.5. The Balaban J connectivity index is 1.64. The summed E-state index contributed by atoms with van der Waals surface area (Å²) in [7, 11) is -3.60. The molecular formula is C23H25FN4O5S. The monoisotopic (exact) mass is 488 g/mol. The summed E-state index contributed by atoms with van der Waals surface area (Å²) in [6.07, 6.45) is 3.45. The van der Waals surface area contributed by atoms with Gasteiger partial charge >= 0.3 is 0 Å². The Morgan fingerprint density at radius 3 is 2.74 bits per heavy atom. The van der Waals surface area contributed by atoms with Gasteiger partial charge in [-0.15, -0.1) is 0 Å². The molecule has 0 radical (unpaired) electrons. The average molecular weight is 489 g/mol. The molecule has 180 valence electrons. The first-order valence-electron chi connectivity index (χ1n) is 11.3. The number of H-pyrrole nitrogens is 1. The number of hydrogen-bond donors (Lipinski definition) is 1. The largest absolute Gasteiger partial charge is 0.486 e. The molecule has 34 heavy (non-hydrogen) atoms. The fourth-order valence-corrected chi connectivity index (χ4v) is 6.64. The first-order valence-corrected chi connectivity index (χ1v) is 13.2. The van der Waals surface area contributed by atoms with Crippen LogP contribution in [0.5, 0.6) is 5.75 Å². The highest BCUT2D eigenvalue weighted by Crippen LogP contribution is 2.48. The highest BCUT2D eigenvalue weighted by Gasteiger charge is 2.50. The summed E-state index contributed by atoms with van der Waals surface area (Å²) >= 11 is 0. The van der Waals surface area contributed by atoms with Crippen molar-refractivity contribution in [1.29, 1.82) is 0 Å². The summed E-state index contributed by atoms with van der Waals surface area (Å²) in [4.78, 5) is 14.8. The molecule has 0 amide bonds. The van der Waals surface area contributed by atoms with E-state index < -0.39 is 14.6 Å². The zero-order chi connectivity index (χ0) is 23.5. The lowest BCUT2D eigenvalue weighted by Crippen LogP contribution is -2.52. The van der Waals surface area contributed by atoms with Crippen molar-refractivity contribution in [1.82, 2.24) is 15.0 Å². The number of nitrogens with one attached hydrogen (secondary N) is 1. The molecule has 2 aromatic heterocycles. The Morgan fingerprint density at radius 1 is 1.12 bits per heavy atom. The van der Waals surface area contributed by atoms with Crippen molar-refractivity contribution >= 4 is 26.6 Å². The van der Waals surface area contributed by atoms with Gasteiger partial charge in [-0.1, -0.05) is 0 Å². The number of morpholine rings is 1. The number of benzene rings is 1. The average Bonchev–Trinajstić information content (AvgIpc) is 3.34. The first kappa shape index (κ1) is 21.8. The van der Waals surface area contributed by atoms with Crippen molar-refractivity contribution in [2.45, 2.75) is 23.6 Å². The second kappa shape index (κ2) is 7.89. The van der Waals surface area contributed by atoms with Gasteiger partial charge in [0.15, 0.2) is 27.2 Å². The number of ether oxygens (including phenoxy) is 3. The van der Waals surface area contributed by atoms with Crippen LogP contribution < -0.4 is 9.64 Å². The minimum atomic E-state index is -3.60. The highest BCUT2D eigenvalue weighted by molar-refractivity contribution is 7.91. The molecule has 2 fully saturated rings. The smallest absolute Gasteiger partial charge is 0.185 e. The number of anilines is 1. The minimum absolute atomic E-state index is 0.0266. The van der Waals surface area contributed by atoms with E-state index in [0.717, 1.165) is 0 Å². The summed E-state index contributed by atoms with van der Waals surface area (Å²) in [5.74, 6) is 0.919. The van der Waals surface area contributed by atoms with Gasteiger partial charge < -0.3 is 24.1 Å². The summed E-state index contributed by atoms with van der Waals surface area (Å²) < 4.78 is 57.0. The third-order valence-electron chi connectivity index (χ3n) is 7.12. The molecule has 5 heterocycles. The molecule has 1 N–H and O–H groups in total. The molecule has 1 aromatic carbocycles. The van der Waals surface area contributed by atoms with Gasteiger partial charge in [-0.25, -0.2) is 22.8 Å². The van der Waals surface area contributed by atoms with Crippen molar-refractivity contribution in [3.05, 3.63) is 35.9 Å². The van der Waals surface area contributed by atoms with Gasteiger partial charge in [0.1, 0.15) is 22.9 Å². The van der Waals surface area contributed by atoms with E-state index in [-0.39, 0.29) is 24.7 Å². The summed E-state index contributed by atoms with van der Waals surface area (Å²) in [6, 6.07) is 4.74.